The molecule has 1 aromatic heterocycles. The standard InChI is InChI=1S/C21H21N3O4/c1-14(20(25)22-13-15-8-10-17(27-2)11-9-15)28-21(26)19-12-18(23-24-19)16-6-4-3-5-7-16/h3-12,14H,13H2,1-2H3,(H,22,25)(H,23,24)/t14-/m0/s1. The second-order valence-electron chi connectivity index (χ2n) is 6.15. The predicted molar refractivity (Wildman–Crippen MR) is 104 cm³/mol. The van der Waals surface area contributed by atoms with Crippen LogP contribution in [0.5, 0.6) is 5.75 Å². The molecule has 144 valence electrons. The molecule has 0 fully saturated rings. The van der Waals surface area contributed by atoms with Crippen LogP contribution in [0, 0.1) is 0 Å². The van der Waals surface area contributed by atoms with Crippen LogP contribution in [0.25, 0.3) is 11.3 Å². The van der Waals surface area contributed by atoms with Crippen LogP contribution in [0.1, 0.15) is 23.0 Å². The maximum atomic E-state index is 12.3. The van der Waals surface area contributed by atoms with Crippen molar-refractivity contribution in [2.45, 2.75) is 19.6 Å². The van der Waals surface area contributed by atoms with Gasteiger partial charge in [0.25, 0.3) is 5.91 Å². The first-order valence-corrected chi connectivity index (χ1v) is 8.79. The Hall–Kier alpha value is -3.61. The van der Waals surface area contributed by atoms with Gasteiger partial charge in [-0.15, -0.1) is 0 Å². The van der Waals surface area contributed by atoms with Crippen LogP contribution >= 0.6 is 0 Å². The molecule has 0 radical (unpaired) electrons. The predicted octanol–water partition coefficient (Wildman–Crippen LogP) is 2.95. The minimum atomic E-state index is -0.936. The summed E-state index contributed by atoms with van der Waals surface area (Å²) >= 11 is 0. The number of aromatic amines is 1. The van der Waals surface area contributed by atoms with E-state index in [1.165, 1.54) is 6.92 Å². The number of hydrogen-bond donors (Lipinski definition) is 2. The number of rotatable bonds is 7. The van der Waals surface area contributed by atoms with Crippen LogP contribution in [0.4, 0.5) is 0 Å². The SMILES string of the molecule is COc1ccc(CNC(=O)[C@H](C)OC(=O)c2cc(-c3ccccc3)n[nH]2)cc1. The van der Waals surface area contributed by atoms with E-state index in [4.69, 9.17) is 9.47 Å². The smallest absolute Gasteiger partial charge is 0.357 e. The molecular weight excluding hydrogens is 358 g/mol. The van der Waals surface area contributed by atoms with Gasteiger partial charge in [-0.1, -0.05) is 42.5 Å². The molecule has 2 N–H and O–H groups in total. The number of H-pyrrole nitrogens is 1. The number of benzene rings is 2. The zero-order valence-electron chi connectivity index (χ0n) is 15.6. The lowest BCUT2D eigenvalue weighted by Crippen LogP contribution is -2.35. The monoisotopic (exact) mass is 379 g/mol. The Labute approximate surface area is 162 Å². The number of carbonyl (C=O) groups excluding carboxylic acids is 2. The second-order valence-corrected chi connectivity index (χ2v) is 6.15. The van der Waals surface area contributed by atoms with E-state index in [9.17, 15) is 9.59 Å². The molecule has 0 bridgehead atoms. The first kappa shape index (κ1) is 19.2. The van der Waals surface area contributed by atoms with Crippen molar-refractivity contribution in [2.24, 2.45) is 0 Å². The molecule has 0 aliphatic rings. The molecule has 1 atom stereocenters. The molecule has 1 heterocycles. The fourth-order valence-corrected chi connectivity index (χ4v) is 2.54. The van der Waals surface area contributed by atoms with Gasteiger partial charge in [0.1, 0.15) is 11.4 Å². The number of esters is 1. The molecule has 28 heavy (non-hydrogen) atoms. The van der Waals surface area contributed by atoms with E-state index >= 15 is 0 Å². The number of nitrogens with one attached hydrogen (secondary N) is 2. The Morgan fingerprint density at radius 1 is 1.11 bits per heavy atom. The molecule has 3 aromatic rings. The van der Waals surface area contributed by atoms with Crippen LogP contribution in [0.3, 0.4) is 0 Å². The number of carbonyl (C=O) groups is 2. The maximum Gasteiger partial charge on any atom is 0.357 e. The molecule has 0 spiro atoms. The van der Waals surface area contributed by atoms with Gasteiger partial charge in [0.15, 0.2) is 6.10 Å². The Morgan fingerprint density at radius 2 is 1.82 bits per heavy atom. The van der Waals surface area contributed by atoms with Crippen molar-refractivity contribution in [3.63, 3.8) is 0 Å². The Bertz CT molecular complexity index is 936. The van der Waals surface area contributed by atoms with E-state index in [0.29, 0.717) is 12.2 Å². The van der Waals surface area contributed by atoms with E-state index in [1.807, 2.05) is 54.6 Å². The molecule has 7 nitrogen and oxygen atoms in total. The van der Waals surface area contributed by atoms with Crippen LogP contribution in [-0.4, -0.2) is 35.3 Å². The fraction of sp³-hybridized carbons (Fsp3) is 0.190. The van der Waals surface area contributed by atoms with E-state index in [1.54, 1.807) is 13.2 Å². The summed E-state index contributed by atoms with van der Waals surface area (Å²) in [6.45, 7) is 1.85. The zero-order valence-corrected chi connectivity index (χ0v) is 15.6. The molecule has 2 aromatic carbocycles. The molecule has 0 unspecified atom stereocenters. The lowest BCUT2D eigenvalue weighted by Gasteiger charge is -2.13. The lowest BCUT2D eigenvalue weighted by atomic mass is 10.1. The molecular formula is C21H21N3O4. The summed E-state index contributed by atoms with van der Waals surface area (Å²) in [5.74, 6) is -0.277. The lowest BCUT2D eigenvalue weighted by molar-refractivity contribution is -0.129. The highest BCUT2D eigenvalue weighted by atomic mass is 16.5. The minimum Gasteiger partial charge on any atom is -0.497 e. The first-order chi connectivity index (χ1) is 13.6. The van der Waals surface area contributed by atoms with Crippen LogP contribution in [-0.2, 0) is 16.1 Å². The average molecular weight is 379 g/mol. The second kappa shape index (κ2) is 8.85. The molecule has 0 saturated carbocycles. The molecule has 1 amide bonds. The van der Waals surface area contributed by atoms with Gasteiger partial charge in [-0.2, -0.15) is 5.10 Å². The summed E-state index contributed by atoms with van der Waals surface area (Å²) in [5.41, 5.74) is 2.61. The normalized spacial score (nSPS) is 11.5. The highest BCUT2D eigenvalue weighted by Crippen LogP contribution is 2.17. The van der Waals surface area contributed by atoms with Gasteiger partial charge >= 0.3 is 5.97 Å². The van der Waals surface area contributed by atoms with Crippen molar-refractivity contribution in [2.75, 3.05) is 7.11 Å². The largest absolute Gasteiger partial charge is 0.497 e. The van der Waals surface area contributed by atoms with Gasteiger partial charge < -0.3 is 14.8 Å². The number of ether oxygens (including phenoxy) is 2. The molecule has 0 aliphatic heterocycles. The third-order valence-electron chi connectivity index (χ3n) is 4.15. The topological polar surface area (TPSA) is 93.3 Å². The highest BCUT2D eigenvalue weighted by Gasteiger charge is 2.20. The zero-order chi connectivity index (χ0) is 19.9. The number of nitrogens with zero attached hydrogens (tertiary/aromatic N) is 1. The van der Waals surface area contributed by atoms with Crippen molar-refractivity contribution in [3.8, 4) is 17.0 Å². The van der Waals surface area contributed by atoms with Gasteiger partial charge in [0.05, 0.1) is 12.8 Å². The summed E-state index contributed by atoms with van der Waals surface area (Å²) in [5, 5.41) is 9.50. The van der Waals surface area contributed by atoms with Gasteiger partial charge in [-0.05, 0) is 30.7 Å². The van der Waals surface area contributed by atoms with E-state index < -0.39 is 12.1 Å². The molecule has 3 rings (SSSR count). The Kier molecular flexibility index (Phi) is 6.06. The van der Waals surface area contributed by atoms with Gasteiger partial charge in [0.2, 0.25) is 0 Å². The number of hydrogen-bond acceptors (Lipinski definition) is 5. The number of methoxy groups -OCH3 is 1. The fourth-order valence-electron chi connectivity index (χ4n) is 2.54. The number of amides is 1. The molecule has 7 heteroatoms. The summed E-state index contributed by atoms with van der Waals surface area (Å²) < 4.78 is 10.3. The van der Waals surface area contributed by atoms with Crippen LogP contribution in [0.2, 0.25) is 0 Å². The third-order valence-corrected chi connectivity index (χ3v) is 4.15. The maximum absolute atomic E-state index is 12.3. The van der Waals surface area contributed by atoms with Crippen molar-refractivity contribution in [1.29, 1.82) is 0 Å². The van der Waals surface area contributed by atoms with Gasteiger partial charge in [0, 0.05) is 12.1 Å². The van der Waals surface area contributed by atoms with Crippen LogP contribution < -0.4 is 10.1 Å². The van der Waals surface area contributed by atoms with Crippen molar-refractivity contribution in [3.05, 3.63) is 71.9 Å². The highest BCUT2D eigenvalue weighted by molar-refractivity contribution is 5.91. The average Bonchev–Trinajstić information content (AvgIpc) is 3.23. The Morgan fingerprint density at radius 3 is 2.50 bits per heavy atom. The summed E-state index contributed by atoms with van der Waals surface area (Å²) in [6.07, 6.45) is -0.936. The van der Waals surface area contributed by atoms with E-state index in [0.717, 1.165) is 16.9 Å². The van der Waals surface area contributed by atoms with Gasteiger partial charge in [-0.25, -0.2) is 4.79 Å². The van der Waals surface area contributed by atoms with Crippen molar-refractivity contribution in [1.82, 2.24) is 15.5 Å². The van der Waals surface area contributed by atoms with E-state index in [-0.39, 0.29) is 11.6 Å². The third kappa shape index (κ3) is 4.76. The van der Waals surface area contributed by atoms with Crippen LogP contribution in [0.15, 0.2) is 60.7 Å². The quantitative estimate of drug-likeness (QED) is 0.616. The minimum absolute atomic E-state index is 0.189. The first-order valence-electron chi connectivity index (χ1n) is 8.79. The van der Waals surface area contributed by atoms with Crippen molar-refractivity contribution < 1.29 is 19.1 Å². The summed E-state index contributed by atoms with van der Waals surface area (Å²) in [7, 11) is 1.59. The van der Waals surface area contributed by atoms with Gasteiger partial charge in [-0.3, -0.25) is 9.89 Å². The molecule has 0 saturated heterocycles. The summed E-state index contributed by atoms with van der Waals surface area (Å²) in [4.78, 5) is 24.5. The Balaban J connectivity index is 1.53. The van der Waals surface area contributed by atoms with E-state index in [2.05, 4.69) is 15.5 Å². The summed E-state index contributed by atoms with van der Waals surface area (Å²) in [6, 6.07) is 18.4. The molecule has 0 aliphatic carbocycles. The number of aromatic nitrogens is 2. The van der Waals surface area contributed by atoms with Crippen molar-refractivity contribution >= 4 is 11.9 Å².